The Morgan fingerprint density at radius 2 is 1.71 bits per heavy atom. The molecular weight excluding hydrogens is 529 g/mol. The summed E-state index contributed by atoms with van der Waals surface area (Å²) in [6, 6.07) is 14.4. The summed E-state index contributed by atoms with van der Waals surface area (Å²) in [4.78, 5) is 16.5. The maximum absolute atomic E-state index is 14.1. The number of rotatable bonds is 5. The van der Waals surface area contributed by atoms with Crippen LogP contribution in [0.5, 0.6) is 0 Å². The molecule has 3 aliphatic heterocycles. The van der Waals surface area contributed by atoms with Gasteiger partial charge in [0.2, 0.25) is 0 Å². The van der Waals surface area contributed by atoms with E-state index in [2.05, 4.69) is 44.7 Å². The van der Waals surface area contributed by atoms with E-state index in [4.69, 9.17) is 0 Å². The van der Waals surface area contributed by atoms with Crippen molar-refractivity contribution in [2.75, 3.05) is 26.2 Å². The minimum atomic E-state index is -0.924. The summed E-state index contributed by atoms with van der Waals surface area (Å²) in [6.07, 6.45) is 10.2. The largest absolute Gasteiger partial charge is 0.478 e. The summed E-state index contributed by atoms with van der Waals surface area (Å²) < 4.78 is 16.4. The van der Waals surface area contributed by atoms with E-state index < -0.39 is 18.4 Å². The number of alkyl halides is 1. The Morgan fingerprint density at radius 1 is 0.929 bits per heavy atom. The van der Waals surface area contributed by atoms with Crippen molar-refractivity contribution in [3.63, 3.8) is 0 Å². The lowest BCUT2D eigenvalue weighted by atomic mass is 9.81. The number of aliphatic hydroxyl groups is 1. The van der Waals surface area contributed by atoms with Crippen LogP contribution >= 0.6 is 0 Å². The van der Waals surface area contributed by atoms with Crippen molar-refractivity contribution in [1.29, 1.82) is 0 Å². The molecule has 7 rings (SSSR count). The van der Waals surface area contributed by atoms with Crippen LogP contribution in [0, 0.1) is 0 Å². The average Bonchev–Trinajstić information content (AvgIpc) is 3.23. The first kappa shape index (κ1) is 27.8. The van der Waals surface area contributed by atoms with E-state index in [1.54, 1.807) is 6.07 Å². The molecule has 1 aliphatic carbocycles. The third-order valence-electron chi connectivity index (χ3n) is 10.3. The average molecular weight is 572 g/mol. The summed E-state index contributed by atoms with van der Waals surface area (Å²) in [5.74, 6) is -0.488. The van der Waals surface area contributed by atoms with E-state index in [0.717, 1.165) is 79.3 Å². The molecule has 3 fully saturated rings. The number of carboxylic acid groups (broad SMARTS) is 1. The third-order valence-corrected chi connectivity index (χ3v) is 10.3. The van der Waals surface area contributed by atoms with E-state index >= 15 is 0 Å². The molecule has 4 aliphatic rings. The van der Waals surface area contributed by atoms with Gasteiger partial charge in [0.05, 0.1) is 11.3 Å². The maximum atomic E-state index is 14.1. The van der Waals surface area contributed by atoms with Gasteiger partial charge in [0.15, 0.2) is 0 Å². The molecule has 2 aromatic carbocycles. The number of halogens is 1. The lowest BCUT2D eigenvalue weighted by Gasteiger charge is -2.42. The predicted octanol–water partition coefficient (Wildman–Crippen LogP) is 6.67. The summed E-state index contributed by atoms with van der Waals surface area (Å²) in [5, 5.41) is 22.9. The smallest absolute Gasteiger partial charge is 0.335 e. The second-order valence-corrected chi connectivity index (χ2v) is 12.9. The molecule has 2 unspecified atom stereocenters. The summed E-state index contributed by atoms with van der Waals surface area (Å²) in [5.41, 5.74) is 6.92. The molecule has 0 amide bonds. The first-order valence-electron chi connectivity index (χ1n) is 16.0. The number of hydrogen-bond acceptors (Lipinski definition) is 4. The van der Waals surface area contributed by atoms with Crippen molar-refractivity contribution in [1.82, 2.24) is 14.4 Å². The fourth-order valence-electron chi connectivity index (χ4n) is 8.21. The van der Waals surface area contributed by atoms with E-state index in [-0.39, 0.29) is 5.56 Å². The Balaban J connectivity index is 1.25. The van der Waals surface area contributed by atoms with Gasteiger partial charge < -0.3 is 14.8 Å². The van der Waals surface area contributed by atoms with Crippen LogP contribution in [0.15, 0.2) is 48.0 Å². The van der Waals surface area contributed by atoms with Crippen LogP contribution in [0.4, 0.5) is 4.39 Å². The van der Waals surface area contributed by atoms with E-state index in [9.17, 15) is 19.4 Å². The molecule has 0 spiro atoms. The molecule has 3 aromatic rings. The lowest BCUT2D eigenvalue weighted by Crippen LogP contribution is -2.51. The fourth-order valence-corrected chi connectivity index (χ4v) is 8.21. The number of hydrogen-bond donors (Lipinski definition) is 2. The number of likely N-dealkylation sites (tertiary alicyclic amines) is 2. The van der Waals surface area contributed by atoms with Crippen LogP contribution in [-0.2, 0) is 6.54 Å². The molecule has 1 aromatic heterocycles. The molecule has 2 saturated heterocycles. The van der Waals surface area contributed by atoms with Crippen LogP contribution in [0.3, 0.4) is 0 Å². The SMILES string of the molecule is O=C(O)c1ccc2c(C3CCCCC3)c3n(c2c1)CC(C(O)N1CCC(N2CCCC(F)C2)CC1)=Cc1ccccc1-3. The molecule has 0 radical (unpaired) electrons. The molecule has 0 bridgehead atoms. The summed E-state index contributed by atoms with van der Waals surface area (Å²) >= 11 is 0. The van der Waals surface area contributed by atoms with Crippen molar-refractivity contribution >= 4 is 22.9 Å². The molecular formula is C35H42FN3O3. The van der Waals surface area contributed by atoms with Crippen LogP contribution in [0.1, 0.15) is 85.2 Å². The van der Waals surface area contributed by atoms with Crippen molar-refractivity contribution in [2.45, 2.75) is 88.7 Å². The Labute approximate surface area is 247 Å². The van der Waals surface area contributed by atoms with E-state index in [0.29, 0.717) is 31.5 Å². The van der Waals surface area contributed by atoms with Gasteiger partial charge in [-0.15, -0.1) is 0 Å². The molecule has 4 heterocycles. The number of piperidine rings is 2. The zero-order valence-corrected chi connectivity index (χ0v) is 24.3. The highest BCUT2D eigenvalue weighted by Gasteiger charge is 2.34. The Hall–Kier alpha value is -3.00. The maximum Gasteiger partial charge on any atom is 0.335 e. The number of fused-ring (bicyclic) bond motifs is 5. The normalized spacial score (nSPS) is 23.7. The number of nitrogens with zero attached hydrogens (tertiary/aromatic N) is 3. The highest BCUT2D eigenvalue weighted by atomic mass is 19.1. The first-order chi connectivity index (χ1) is 20.5. The van der Waals surface area contributed by atoms with Crippen molar-refractivity contribution in [3.8, 4) is 11.3 Å². The minimum Gasteiger partial charge on any atom is -0.478 e. The molecule has 2 N–H and O–H groups in total. The van der Waals surface area contributed by atoms with Crippen LogP contribution in [-0.4, -0.2) is 75.2 Å². The van der Waals surface area contributed by atoms with E-state index in [1.165, 1.54) is 30.5 Å². The number of aliphatic hydroxyl groups excluding tert-OH is 1. The molecule has 42 heavy (non-hydrogen) atoms. The molecule has 222 valence electrons. The second kappa shape index (κ2) is 11.6. The standard InChI is InChI=1S/C35H42FN3O3/c36-27-10-6-16-38(22-27)28-14-17-37(18-15-28)34(40)26-19-24-9-4-5-11-29(24)33-32(23-7-2-1-3-8-23)30-13-12-25(35(41)42)20-31(30)39(33)21-26/h4-5,9,11-13,19-20,23,27-28,34,40H,1-3,6-8,10,14-18,21-22H2,(H,41,42). The van der Waals surface area contributed by atoms with E-state index in [1.807, 2.05) is 12.1 Å². The zero-order valence-electron chi connectivity index (χ0n) is 24.3. The molecule has 2 atom stereocenters. The van der Waals surface area contributed by atoms with Gasteiger partial charge in [-0.1, -0.05) is 49.6 Å². The quantitative estimate of drug-likeness (QED) is 0.358. The van der Waals surface area contributed by atoms with Gasteiger partial charge >= 0.3 is 5.97 Å². The van der Waals surface area contributed by atoms with Crippen LogP contribution in [0.25, 0.3) is 28.2 Å². The van der Waals surface area contributed by atoms with Crippen molar-refractivity contribution in [3.05, 3.63) is 64.7 Å². The molecule has 6 nitrogen and oxygen atoms in total. The monoisotopic (exact) mass is 571 g/mol. The van der Waals surface area contributed by atoms with Crippen molar-refractivity contribution in [2.24, 2.45) is 0 Å². The fraction of sp³-hybridized carbons (Fsp3) is 0.514. The number of carbonyl (C=O) groups is 1. The van der Waals surface area contributed by atoms with Gasteiger partial charge in [-0.3, -0.25) is 9.80 Å². The Morgan fingerprint density at radius 3 is 2.48 bits per heavy atom. The number of benzene rings is 2. The van der Waals surface area contributed by atoms with Crippen LogP contribution < -0.4 is 0 Å². The van der Waals surface area contributed by atoms with Crippen molar-refractivity contribution < 1.29 is 19.4 Å². The van der Waals surface area contributed by atoms with Gasteiger partial charge in [-0.25, -0.2) is 9.18 Å². The number of carboxylic acids is 1. The first-order valence-corrected chi connectivity index (χ1v) is 16.0. The summed E-state index contributed by atoms with van der Waals surface area (Å²) in [7, 11) is 0. The Bertz CT molecular complexity index is 1500. The van der Waals surface area contributed by atoms with Gasteiger partial charge in [0.1, 0.15) is 12.4 Å². The second-order valence-electron chi connectivity index (χ2n) is 12.9. The Kier molecular flexibility index (Phi) is 7.67. The zero-order chi connectivity index (χ0) is 28.8. The topological polar surface area (TPSA) is 68.9 Å². The van der Waals surface area contributed by atoms with Gasteiger partial charge in [0.25, 0.3) is 0 Å². The van der Waals surface area contributed by atoms with Crippen LogP contribution in [0.2, 0.25) is 0 Å². The highest BCUT2D eigenvalue weighted by Crippen LogP contribution is 2.46. The summed E-state index contributed by atoms with van der Waals surface area (Å²) in [6.45, 7) is 3.57. The minimum absolute atomic E-state index is 0.289. The molecule has 7 heteroatoms. The number of aromatic nitrogens is 1. The molecule has 1 saturated carbocycles. The van der Waals surface area contributed by atoms with Gasteiger partial charge in [-0.05, 0) is 85.9 Å². The third kappa shape index (κ3) is 5.10. The number of aromatic carboxylic acids is 1. The predicted molar refractivity (Wildman–Crippen MR) is 164 cm³/mol. The van der Waals surface area contributed by atoms with Gasteiger partial charge in [-0.2, -0.15) is 0 Å². The highest BCUT2D eigenvalue weighted by molar-refractivity contribution is 5.99. The lowest BCUT2D eigenvalue weighted by molar-refractivity contribution is -0.0111. The van der Waals surface area contributed by atoms with Gasteiger partial charge in [0, 0.05) is 48.7 Å².